The van der Waals surface area contributed by atoms with Crippen molar-refractivity contribution >= 4 is 30.1 Å². The first-order valence-corrected chi connectivity index (χ1v) is 9.79. The number of nitrogens with zero attached hydrogens (tertiary/aromatic N) is 1. The zero-order chi connectivity index (χ0) is 17.9. The Morgan fingerprint density at radius 1 is 1.28 bits per heavy atom. The Morgan fingerprint density at radius 3 is 2.68 bits per heavy atom. The van der Waals surface area contributed by atoms with E-state index >= 15 is 0 Å². The second-order valence-corrected chi connectivity index (χ2v) is 7.18. The lowest BCUT2D eigenvalue weighted by atomic mass is 9.90. The number of piperidine rings is 1. The predicted molar refractivity (Wildman–Crippen MR) is 109 cm³/mol. The van der Waals surface area contributed by atoms with Crippen LogP contribution in [0.25, 0.3) is 0 Å². The van der Waals surface area contributed by atoms with E-state index in [1.54, 1.807) is 6.08 Å². The highest BCUT2D eigenvalue weighted by molar-refractivity contribution is 7.83. The van der Waals surface area contributed by atoms with E-state index in [1.807, 2.05) is 0 Å². The Morgan fingerprint density at radius 2 is 2.00 bits per heavy atom. The second-order valence-electron chi connectivity index (χ2n) is 6.45. The van der Waals surface area contributed by atoms with Crippen LogP contribution in [0.1, 0.15) is 24.8 Å². The van der Waals surface area contributed by atoms with Crippen molar-refractivity contribution < 1.29 is 4.79 Å². The number of hydrogen-bond acceptors (Lipinski definition) is 3. The minimum atomic E-state index is -0.158. The molecule has 3 nitrogen and oxygen atoms in total. The number of carbonyl (C=O) groups excluding carboxylic acids is 1. The molecule has 1 heterocycles. The average Bonchev–Trinajstić information content (AvgIpc) is 2.62. The van der Waals surface area contributed by atoms with Crippen molar-refractivity contribution in [2.75, 3.05) is 26.2 Å². The van der Waals surface area contributed by atoms with Gasteiger partial charge in [0.05, 0.1) is 0 Å². The van der Waals surface area contributed by atoms with E-state index in [0.29, 0.717) is 11.6 Å². The molecule has 0 unspecified atom stereocenters. The van der Waals surface area contributed by atoms with Gasteiger partial charge in [0.15, 0.2) is 0 Å². The molecule has 5 heteroatoms. The van der Waals surface area contributed by atoms with Gasteiger partial charge in [0.25, 0.3) is 0 Å². The summed E-state index contributed by atoms with van der Waals surface area (Å²) < 4.78 is 0. The first-order chi connectivity index (χ1) is 12.2. The van der Waals surface area contributed by atoms with Crippen LogP contribution in [0.2, 0.25) is 0 Å². The summed E-state index contributed by atoms with van der Waals surface area (Å²) in [6.45, 7) is 3.78. The summed E-state index contributed by atoms with van der Waals surface area (Å²) in [5.74, 6) is 0.662. The molecule has 1 aliphatic heterocycles. The Hall–Kier alpha value is -1.23. The fourth-order valence-corrected chi connectivity index (χ4v) is 3.56. The number of nitrogens with one attached hydrogen (secondary N) is 1. The van der Waals surface area contributed by atoms with Crippen molar-refractivity contribution in [3.63, 3.8) is 0 Å². The highest BCUT2D eigenvalue weighted by Gasteiger charge is 2.18. The summed E-state index contributed by atoms with van der Waals surface area (Å²) in [6.07, 6.45) is 7.90. The first kappa shape index (κ1) is 20.1. The standard InChI is InChI=1S/C20H27ClN2OS/c21-19(10-15-25)16-20(24)22-11-14-23-12-8-18(9-13-23)7-6-17-4-2-1-3-5-17/h1-5,10,15-16,18,25H,6-9,11-14H2,(H,22,24)/b15-10-,19-16-. The molecule has 0 saturated carbocycles. The Labute approximate surface area is 161 Å². The van der Waals surface area contributed by atoms with Gasteiger partial charge in [0, 0.05) is 24.2 Å². The Balaban J connectivity index is 1.59. The van der Waals surface area contributed by atoms with Gasteiger partial charge in [-0.1, -0.05) is 41.9 Å². The van der Waals surface area contributed by atoms with E-state index in [2.05, 4.69) is 53.2 Å². The number of amides is 1. The van der Waals surface area contributed by atoms with Crippen LogP contribution in [0.15, 0.2) is 52.9 Å². The van der Waals surface area contributed by atoms with E-state index in [0.717, 1.165) is 25.6 Å². The summed E-state index contributed by atoms with van der Waals surface area (Å²) >= 11 is 9.77. The predicted octanol–water partition coefficient (Wildman–Crippen LogP) is 4.01. The van der Waals surface area contributed by atoms with Crippen molar-refractivity contribution in [1.29, 1.82) is 0 Å². The van der Waals surface area contributed by atoms with E-state index in [-0.39, 0.29) is 5.91 Å². The number of halogens is 1. The molecule has 1 saturated heterocycles. The van der Waals surface area contributed by atoms with Gasteiger partial charge >= 0.3 is 0 Å². The van der Waals surface area contributed by atoms with Crippen LogP contribution in [-0.4, -0.2) is 37.0 Å². The van der Waals surface area contributed by atoms with Gasteiger partial charge in [0.2, 0.25) is 5.91 Å². The SMILES string of the molecule is O=C(/C=C(Cl)/C=C\S)NCCN1CCC(CCc2ccccc2)CC1. The smallest absolute Gasteiger partial charge is 0.245 e. The normalized spacial score (nSPS) is 17.1. The fraction of sp³-hybridized carbons (Fsp3) is 0.450. The van der Waals surface area contributed by atoms with Gasteiger partial charge in [-0.15, -0.1) is 0 Å². The second kappa shape index (κ2) is 11.4. The maximum Gasteiger partial charge on any atom is 0.245 e. The molecule has 1 aliphatic rings. The number of aryl methyl sites for hydroxylation is 1. The van der Waals surface area contributed by atoms with Crippen LogP contribution >= 0.6 is 24.2 Å². The number of carbonyl (C=O) groups is 1. The van der Waals surface area contributed by atoms with Crippen molar-refractivity contribution in [1.82, 2.24) is 10.2 Å². The minimum Gasteiger partial charge on any atom is -0.351 e. The molecule has 1 fully saturated rings. The van der Waals surface area contributed by atoms with Crippen LogP contribution in [0, 0.1) is 5.92 Å². The molecule has 1 aromatic rings. The van der Waals surface area contributed by atoms with Crippen LogP contribution in [0.5, 0.6) is 0 Å². The van der Waals surface area contributed by atoms with Gasteiger partial charge in [0.1, 0.15) is 0 Å². The average molecular weight is 379 g/mol. The van der Waals surface area contributed by atoms with Crippen LogP contribution < -0.4 is 5.32 Å². The third-order valence-corrected chi connectivity index (χ3v) is 5.01. The molecule has 25 heavy (non-hydrogen) atoms. The molecule has 0 atom stereocenters. The number of thiol groups is 1. The van der Waals surface area contributed by atoms with Gasteiger partial charge in [-0.05, 0) is 61.7 Å². The van der Waals surface area contributed by atoms with Crippen LogP contribution in [-0.2, 0) is 11.2 Å². The number of benzene rings is 1. The van der Waals surface area contributed by atoms with Crippen LogP contribution in [0.3, 0.4) is 0 Å². The number of likely N-dealkylation sites (tertiary alicyclic amines) is 1. The molecule has 0 aliphatic carbocycles. The van der Waals surface area contributed by atoms with E-state index < -0.39 is 0 Å². The Kier molecular flexibility index (Phi) is 9.16. The van der Waals surface area contributed by atoms with E-state index in [1.165, 1.54) is 42.7 Å². The maximum absolute atomic E-state index is 11.7. The van der Waals surface area contributed by atoms with Gasteiger partial charge < -0.3 is 10.2 Å². The lowest BCUT2D eigenvalue weighted by Gasteiger charge is -2.32. The summed E-state index contributed by atoms with van der Waals surface area (Å²) in [5.41, 5.74) is 1.44. The number of hydrogen-bond donors (Lipinski definition) is 2. The molecule has 1 N–H and O–H groups in total. The molecule has 2 rings (SSSR count). The molecule has 0 bridgehead atoms. The highest BCUT2D eigenvalue weighted by atomic mass is 35.5. The van der Waals surface area contributed by atoms with Crippen LogP contribution in [0.4, 0.5) is 0 Å². The molecular formula is C20H27ClN2OS. The molecule has 1 aromatic carbocycles. The molecule has 0 aromatic heterocycles. The summed E-state index contributed by atoms with van der Waals surface area (Å²) in [4.78, 5) is 14.1. The topological polar surface area (TPSA) is 32.3 Å². The summed E-state index contributed by atoms with van der Waals surface area (Å²) in [5, 5.41) is 4.77. The lowest BCUT2D eigenvalue weighted by Crippen LogP contribution is -2.39. The third kappa shape index (κ3) is 8.13. The summed E-state index contributed by atoms with van der Waals surface area (Å²) in [7, 11) is 0. The number of allylic oxidation sites excluding steroid dienone is 2. The van der Waals surface area contributed by atoms with Crippen molar-refractivity contribution in [3.05, 3.63) is 58.5 Å². The van der Waals surface area contributed by atoms with Crippen molar-refractivity contribution in [2.24, 2.45) is 5.92 Å². The monoisotopic (exact) mass is 378 g/mol. The van der Waals surface area contributed by atoms with Gasteiger partial charge in [-0.3, -0.25) is 4.79 Å². The quantitative estimate of drug-likeness (QED) is 0.407. The first-order valence-electron chi connectivity index (χ1n) is 8.89. The molecule has 0 spiro atoms. The Bertz CT molecular complexity index is 581. The van der Waals surface area contributed by atoms with Crippen molar-refractivity contribution in [3.8, 4) is 0 Å². The van der Waals surface area contributed by atoms with E-state index in [9.17, 15) is 4.79 Å². The highest BCUT2D eigenvalue weighted by Crippen LogP contribution is 2.22. The molecule has 0 radical (unpaired) electrons. The lowest BCUT2D eigenvalue weighted by molar-refractivity contribution is -0.116. The largest absolute Gasteiger partial charge is 0.351 e. The number of rotatable bonds is 8. The van der Waals surface area contributed by atoms with E-state index in [4.69, 9.17) is 11.6 Å². The van der Waals surface area contributed by atoms with Gasteiger partial charge in [-0.25, -0.2) is 0 Å². The zero-order valence-electron chi connectivity index (χ0n) is 14.5. The summed E-state index contributed by atoms with van der Waals surface area (Å²) in [6, 6.07) is 10.7. The molecule has 136 valence electrons. The molecule has 1 amide bonds. The zero-order valence-corrected chi connectivity index (χ0v) is 16.2. The third-order valence-electron chi connectivity index (χ3n) is 4.62. The molecular weight excluding hydrogens is 352 g/mol. The fourth-order valence-electron chi connectivity index (χ4n) is 3.15. The van der Waals surface area contributed by atoms with Crippen molar-refractivity contribution in [2.45, 2.75) is 25.7 Å². The maximum atomic E-state index is 11.7. The minimum absolute atomic E-state index is 0.158. The van der Waals surface area contributed by atoms with Gasteiger partial charge in [-0.2, -0.15) is 12.6 Å².